The molecule has 0 aliphatic rings. The van der Waals surface area contributed by atoms with Gasteiger partial charge in [0.15, 0.2) is 5.82 Å². The number of rotatable bonds is 5. The van der Waals surface area contributed by atoms with E-state index in [1.807, 2.05) is 47.0 Å². The molecule has 2 aromatic heterocycles. The second-order valence-corrected chi connectivity index (χ2v) is 8.06. The molecule has 0 aliphatic heterocycles. The molecule has 150 valence electrons. The molecule has 2 heterocycles. The van der Waals surface area contributed by atoms with Gasteiger partial charge in [-0.1, -0.05) is 18.2 Å². The fourth-order valence-electron chi connectivity index (χ4n) is 2.94. The molecule has 0 unspecified atom stereocenters. The van der Waals surface area contributed by atoms with Crippen LogP contribution in [0.3, 0.4) is 0 Å². The largest absolute Gasteiger partial charge is 0.506 e. The maximum Gasteiger partial charge on any atom is 0.260 e. The van der Waals surface area contributed by atoms with Crippen LogP contribution >= 0.6 is 31.9 Å². The average Bonchev–Trinajstić information content (AvgIpc) is 3.11. The smallest absolute Gasteiger partial charge is 0.260 e. The number of phenols is 1. The van der Waals surface area contributed by atoms with Gasteiger partial charge in [0, 0.05) is 6.20 Å². The Hall–Kier alpha value is -3.04. The maximum atomic E-state index is 12.6. The van der Waals surface area contributed by atoms with Gasteiger partial charge in [-0.15, -0.1) is 0 Å². The van der Waals surface area contributed by atoms with Crippen molar-refractivity contribution in [2.45, 2.75) is 6.54 Å². The van der Waals surface area contributed by atoms with Crippen molar-refractivity contribution in [3.63, 3.8) is 0 Å². The van der Waals surface area contributed by atoms with Crippen LogP contribution < -0.4 is 5.43 Å². The van der Waals surface area contributed by atoms with Crippen molar-refractivity contribution >= 4 is 55.0 Å². The van der Waals surface area contributed by atoms with Crippen LogP contribution in [0.1, 0.15) is 5.56 Å². The molecule has 4 rings (SSSR count). The van der Waals surface area contributed by atoms with Crippen molar-refractivity contribution in [2.75, 3.05) is 0 Å². The van der Waals surface area contributed by atoms with Crippen LogP contribution in [0.25, 0.3) is 22.6 Å². The van der Waals surface area contributed by atoms with Crippen LogP contribution in [-0.2, 0) is 11.3 Å². The Morgan fingerprint density at radius 1 is 1.13 bits per heavy atom. The Balaban J connectivity index is 1.56. The lowest BCUT2D eigenvalue weighted by Crippen LogP contribution is -2.23. The Morgan fingerprint density at radius 3 is 2.60 bits per heavy atom. The summed E-state index contributed by atoms with van der Waals surface area (Å²) in [6.45, 7) is 0.0345. The third-order valence-corrected chi connectivity index (χ3v) is 5.50. The number of hydrogen-bond acceptors (Lipinski definition) is 5. The fourth-order valence-corrected chi connectivity index (χ4v) is 4.17. The number of benzene rings is 2. The van der Waals surface area contributed by atoms with Gasteiger partial charge in [-0.05, 0) is 73.8 Å². The number of amides is 1. The number of aromatic nitrogens is 3. The minimum absolute atomic E-state index is 0.0345. The number of phenolic OH excluding ortho intramolecular Hbond substituents is 1. The Morgan fingerprint density at radius 2 is 1.87 bits per heavy atom. The molecule has 0 spiro atoms. The van der Waals surface area contributed by atoms with Crippen LogP contribution in [0.5, 0.6) is 5.75 Å². The van der Waals surface area contributed by atoms with Gasteiger partial charge in [-0.25, -0.2) is 10.4 Å². The number of carbonyl (C=O) groups is 1. The first-order chi connectivity index (χ1) is 14.5. The number of carbonyl (C=O) groups excluding carboxylic acids is 1. The lowest BCUT2D eigenvalue weighted by molar-refractivity contribution is -0.121. The van der Waals surface area contributed by atoms with Gasteiger partial charge in [0.1, 0.15) is 18.0 Å². The molecule has 0 bridgehead atoms. The van der Waals surface area contributed by atoms with E-state index in [4.69, 9.17) is 0 Å². The third kappa shape index (κ3) is 4.27. The van der Waals surface area contributed by atoms with Crippen LogP contribution in [0.4, 0.5) is 0 Å². The first-order valence-electron chi connectivity index (χ1n) is 8.89. The van der Waals surface area contributed by atoms with E-state index >= 15 is 0 Å². The van der Waals surface area contributed by atoms with Crippen LogP contribution in [0, 0.1) is 0 Å². The van der Waals surface area contributed by atoms with Crippen molar-refractivity contribution in [3.8, 4) is 17.3 Å². The van der Waals surface area contributed by atoms with Crippen LogP contribution in [0.15, 0.2) is 74.8 Å². The molecule has 2 aromatic carbocycles. The SMILES string of the molecule is O=C(Cn1c(-c2ccccn2)nc2ccccc21)N/N=C/c1cc(Br)c(O)c(Br)c1. The fraction of sp³-hybridized carbons (Fsp3) is 0.0476. The topological polar surface area (TPSA) is 92.4 Å². The van der Waals surface area contributed by atoms with E-state index < -0.39 is 0 Å². The predicted molar refractivity (Wildman–Crippen MR) is 122 cm³/mol. The Labute approximate surface area is 188 Å². The maximum absolute atomic E-state index is 12.6. The van der Waals surface area contributed by atoms with Gasteiger partial charge in [-0.2, -0.15) is 5.10 Å². The van der Waals surface area contributed by atoms with Crippen molar-refractivity contribution in [2.24, 2.45) is 5.10 Å². The molecule has 0 radical (unpaired) electrons. The number of para-hydroxylation sites is 2. The summed E-state index contributed by atoms with van der Waals surface area (Å²) in [5.41, 5.74) is 5.54. The van der Waals surface area contributed by atoms with Crippen molar-refractivity contribution in [1.29, 1.82) is 0 Å². The number of hydrazone groups is 1. The van der Waals surface area contributed by atoms with Gasteiger partial charge in [-0.3, -0.25) is 9.78 Å². The molecule has 0 saturated heterocycles. The van der Waals surface area contributed by atoms with Crippen molar-refractivity contribution in [1.82, 2.24) is 20.0 Å². The van der Waals surface area contributed by atoms with E-state index in [0.717, 1.165) is 11.0 Å². The molecule has 4 aromatic rings. The number of aromatic hydroxyl groups is 1. The first-order valence-corrected chi connectivity index (χ1v) is 10.5. The molecular weight excluding hydrogens is 514 g/mol. The Kier molecular flexibility index (Phi) is 5.91. The number of imidazole rings is 1. The number of pyridine rings is 1. The van der Waals surface area contributed by atoms with Crippen molar-refractivity contribution in [3.05, 3.63) is 75.3 Å². The third-order valence-electron chi connectivity index (χ3n) is 4.29. The summed E-state index contributed by atoms with van der Waals surface area (Å²) in [6, 6.07) is 16.6. The first kappa shape index (κ1) is 20.2. The van der Waals surface area contributed by atoms with Gasteiger partial charge < -0.3 is 9.67 Å². The van der Waals surface area contributed by atoms with Gasteiger partial charge in [0.2, 0.25) is 0 Å². The van der Waals surface area contributed by atoms with E-state index in [2.05, 4.69) is 52.4 Å². The normalized spacial score (nSPS) is 11.3. The number of fused-ring (bicyclic) bond motifs is 1. The molecular formula is C21H15Br2N5O2. The highest BCUT2D eigenvalue weighted by molar-refractivity contribution is 9.11. The summed E-state index contributed by atoms with van der Waals surface area (Å²) in [4.78, 5) is 21.6. The minimum atomic E-state index is -0.302. The van der Waals surface area contributed by atoms with Crippen LogP contribution in [0.2, 0.25) is 0 Å². The minimum Gasteiger partial charge on any atom is -0.506 e. The standard InChI is InChI=1S/C21H15Br2N5O2/c22-14-9-13(10-15(23)20(14)30)11-25-27-19(29)12-28-18-7-2-1-5-16(18)26-21(28)17-6-3-4-8-24-17/h1-11,30H,12H2,(H,27,29)/b25-11+. The van der Waals surface area contributed by atoms with Gasteiger partial charge >= 0.3 is 0 Å². The average molecular weight is 529 g/mol. The Bertz CT molecular complexity index is 1230. The molecule has 30 heavy (non-hydrogen) atoms. The van der Waals surface area contributed by atoms with Gasteiger partial charge in [0.05, 0.1) is 26.2 Å². The highest BCUT2D eigenvalue weighted by atomic mass is 79.9. The molecule has 1 amide bonds. The van der Waals surface area contributed by atoms with E-state index in [1.54, 1.807) is 18.3 Å². The summed E-state index contributed by atoms with van der Waals surface area (Å²) in [6.07, 6.45) is 3.19. The molecule has 0 fully saturated rings. The highest BCUT2D eigenvalue weighted by Crippen LogP contribution is 2.32. The lowest BCUT2D eigenvalue weighted by Gasteiger charge is -2.08. The molecule has 9 heteroatoms. The highest BCUT2D eigenvalue weighted by Gasteiger charge is 2.15. The number of halogens is 2. The molecule has 0 saturated carbocycles. The van der Waals surface area contributed by atoms with E-state index in [0.29, 0.717) is 26.0 Å². The molecule has 0 aliphatic carbocycles. The summed E-state index contributed by atoms with van der Waals surface area (Å²) in [5, 5.41) is 13.8. The predicted octanol–water partition coefficient (Wildman–Crippen LogP) is 4.48. The molecule has 2 N–H and O–H groups in total. The number of nitrogens with zero attached hydrogens (tertiary/aromatic N) is 4. The van der Waals surface area contributed by atoms with E-state index in [-0.39, 0.29) is 18.2 Å². The zero-order chi connectivity index (χ0) is 21.1. The zero-order valence-corrected chi connectivity index (χ0v) is 18.6. The monoisotopic (exact) mass is 527 g/mol. The summed E-state index contributed by atoms with van der Waals surface area (Å²) < 4.78 is 2.86. The second kappa shape index (κ2) is 8.76. The zero-order valence-electron chi connectivity index (χ0n) is 15.5. The molecule has 7 nitrogen and oxygen atoms in total. The molecule has 0 atom stereocenters. The lowest BCUT2D eigenvalue weighted by atomic mass is 10.2. The summed E-state index contributed by atoms with van der Waals surface area (Å²) in [5.74, 6) is 0.413. The number of hydrogen-bond donors (Lipinski definition) is 2. The summed E-state index contributed by atoms with van der Waals surface area (Å²) >= 11 is 6.53. The van der Waals surface area contributed by atoms with E-state index in [9.17, 15) is 9.90 Å². The quantitative estimate of drug-likeness (QED) is 0.295. The second-order valence-electron chi connectivity index (χ2n) is 6.35. The van der Waals surface area contributed by atoms with E-state index in [1.165, 1.54) is 6.21 Å². The van der Waals surface area contributed by atoms with Gasteiger partial charge in [0.25, 0.3) is 5.91 Å². The summed E-state index contributed by atoms with van der Waals surface area (Å²) in [7, 11) is 0. The number of nitrogens with one attached hydrogen (secondary N) is 1. The van der Waals surface area contributed by atoms with Crippen molar-refractivity contribution < 1.29 is 9.90 Å². The van der Waals surface area contributed by atoms with Crippen LogP contribution in [-0.4, -0.2) is 31.8 Å².